The van der Waals surface area contributed by atoms with E-state index in [1.165, 1.54) is 0 Å². The number of hydrogen-bond acceptors (Lipinski definition) is 3. The second-order valence-electron chi connectivity index (χ2n) is 4.50. The summed E-state index contributed by atoms with van der Waals surface area (Å²) in [5.74, 6) is -4.14. The molecule has 3 N–H and O–H groups in total. The minimum atomic E-state index is -4.48. The SMILES string of the molecule is CCC(CC)(CN)NS(=O)(=O)c1c(F)cc(F)cc1F.Cl. The molecule has 122 valence electrons. The summed E-state index contributed by atoms with van der Waals surface area (Å²) >= 11 is 0. The van der Waals surface area contributed by atoms with Gasteiger partial charge in [0, 0.05) is 24.2 Å². The van der Waals surface area contributed by atoms with E-state index in [-0.39, 0.29) is 19.0 Å². The first-order valence-corrected chi connectivity index (χ1v) is 7.58. The second kappa shape index (κ2) is 7.44. The summed E-state index contributed by atoms with van der Waals surface area (Å²) in [7, 11) is -4.48. The van der Waals surface area contributed by atoms with Crippen LogP contribution in [0.2, 0.25) is 0 Å². The first kappa shape index (κ1) is 20.2. The lowest BCUT2D eigenvalue weighted by molar-refractivity contribution is 0.361. The maximum absolute atomic E-state index is 13.6. The van der Waals surface area contributed by atoms with Crippen molar-refractivity contribution in [3.05, 3.63) is 29.6 Å². The minimum Gasteiger partial charge on any atom is -0.329 e. The molecule has 0 fully saturated rings. The molecule has 0 amide bonds. The molecule has 21 heavy (non-hydrogen) atoms. The van der Waals surface area contributed by atoms with Crippen molar-refractivity contribution < 1.29 is 21.6 Å². The first-order chi connectivity index (χ1) is 9.21. The molecule has 1 aromatic carbocycles. The van der Waals surface area contributed by atoms with E-state index in [0.29, 0.717) is 25.0 Å². The molecule has 0 aromatic heterocycles. The fourth-order valence-corrected chi connectivity index (χ4v) is 3.52. The van der Waals surface area contributed by atoms with Crippen molar-refractivity contribution >= 4 is 22.4 Å². The molecule has 0 saturated carbocycles. The molecule has 0 radical (unpaired) electrons. The van der Waals surface area contributed by atoms with E-state index in [0.717, 1.165) is 0 Å². The van der Waals surface area contributed by atoms with Crippen LogP contribution in [0, 0.1) is 17.5 Å². The van der Waals surface area contributed by atoms with Gasteiger partial charge >= 0.3 is 0 Å². The zero-order chi connectivity index (χ0) is 15.6. The lowest BCUT2D eigenvalue weighted by Gasteiger charge is -2.31. The van der Waals surface area contributed by atoms with E-state index in [1.54, 1.807) is 13.8 Å². The Morgan fingerprint density at radius 2 is 1.57 bits per heavy atom. The third kappa shape index (κ3) is 4.32. The molecule has 0 aliphatic carbocycles. The number of rotatable bonds is 6. The summed E-state index contributed by atoms with van der Waals surface area (Å²) < 4.78 is 66.4. The highest BCUT2D eigenvalue weighted by molar-refractivity contribution is 7.89. The third-order valence-electron chi connectivity index (χ3n) is 3.33. The zero-order valence-electron chi connectivity index (χ0n) is 11.6. The van der Waals surface area contributed by atoms with Gasteiger partial charge in [-0.3, -0.25) is 0 Å². The lowest BCUT2D eigenvalue weighted by Crippen LogP contribution is -2.53. The summed E-state index contributed by atoms with van der Waals surface area (Å²) in [6.07, 6.45) is 0.702. The van der Waals surface area contributed by atoms with Crippen LogP contribution in [0.1, 0.15) is 26.7 Å². The van der Waals surface area contributed by atoms with E-state index in [2.05, 4.69) is 4.72 Å². The third-order valence-corrected chi connectivity index (χ3v) is 4.96. The molecule has 0 unspecified atom stereocenters. The molecule has 1 rings (SSSR count). The first-order valence-electron chi connectivity index (χ1n) is 6.10. The summed E-state index contributed by atoms with van der Waals surface area (Å²) in [5.41, 5.74) is 4.55. The quantitative estimate of drug-likeness (QED) is 0.830. The zero-order valence-corrected chi connectivity index (χ0v) is 13.3. The van der Waals surface area contributed by atoms with E-state index in [9.17, 15) is 21.6 Å². The standard InChI is InChI=1S/C12H17F3N2O2S.ClH/c1-3-12(4-2,7-16)17-20(18,19)11-9(14)5-8(13)6-10(11)15;/h5-6,17H,3-4,7,16H2,1-2H3;1H. The fraction of sp³-hybridized carbons (Fsp3) is 0.500. The molecule has 0 heterocycles. The average Bonchev–Trinajstić information content (AvgIpc) is 2.34. The van der Waals surface area contributed by atoms with Crippen molar-refractivity contribution in [2.45, 2.75) is 37.1 Å². The van der Waals surface area contributed by atoms with Crippen LogP contribution in [0.3, 0.4) is 0 Å². The van der Waals surface area contributed by atoms with Gasteiger partial charge in [-0.1, -0.05) is 13.8 Å². The van der Waals surface area contributed by atoms with E-state index >= 15 is 0 Å². The van der Waals surface area contributed by atoms with Crippen LogP contribution in [-0.4, -0.2) is 20.5 Å². The number of nitrogens with one attached hydrogen (secondary N) is 1. The topological polar surface area (TPSA) is 72.2 Å². The smallest absolute Gasteiger partial charge is 0.246 e. The molecule has 4 nitrogen and oxygen atoms in total. The van der Waals surface area contributed by atoms with Gasteiger partial charge in [-0.15, -0.1) is 12.4 Å². The predicted molar refractivity (Wildman–Crippen MR) is 76.3 cm³/mol. The van der Waals surface area contributed by atoms with Crippen LogP contribution in [0.4, 0.5) is 13.2 Å². The number of nitrogens with two attached hydrogens (primary N) is 1. The second-order valence-corrected chi connectivity index (χ2v) is 6.11. The van der Waals surface area contributed by atoms with Crippen molar-refractivity contribution in [3.63, 3.8) is 0 Å². The Kier molecular flexibility index (Phi) is 7.14. The van der Waals surface area contributed by atoms with Gasteiger partial charge in [0.15, 0.2) is 4.90 Å². The van der Waals surface area contributed by atoms with Crippen LogP contribution in [0.15, 0.2) is 17.0 Å². The van der Waals surface area contributed by atoms with Crippen molar-refractivity contribution in [1.82, 2.24) is 4.72 Å². The average molecular weight is 347 g/mol. The van der Waals surface area contributed by atoms with Gasteiger partial charge in [0.05, 0.1) is 0 Å². The van der Waals surface area contributed by atoms with Gasteiger partial charge in [0.25, 0.3) is 0 Å². The monoisotopic (exact) mass is 346 g/mol. The van der Waals surface area contributed by atoms with Gasteiger partial charge in [-0.25, -0.2) is 26.3 Å². The lowest BCUT2D eigenvalue weighted by atomic mass is 9.95. The molecule has 9 heteroatoms. The van der Waals surface area contributed by atoms with Gasteiger partial charge in [0.1, 0.15) is 17.5 Å². The largest absolute Gasteiger partial charge is 0.329 e. The maximum Gasteiger partial charge on any atom is 0.246 e. The molecule has 0 saturated heterocycles. The number of benzene rings is 1. The predicted octanol–water partition coefficient (Wildman–Crippen LogP) is 2.32. The summed E-state index contributed by atoms with van der Waals surface area (Å²) in [6.45, 7) is 3.39. The molecule has 0 bridgehead atoms. The Morgan fingerprint density at radius 1 is 1.14 bits per heavy atom. The minimum absolute atomic E-state index is 0. The summed E-state index contributed by atoms with van der Waals surface area (Å²) in [4.78, 5) is -1.20. The molecule has 0 aliphatic rings. The van der Waals surface area contributed by atoms with Crippen LogP contribution >= 0.6 is 12.4 Å². The van der Waals surface area contributed by atoms with Gasteiger partial charge in [0.2, 0.25) is 10.0 Å². The molecule has 1 aromatic rings. The van der Waals surface area contributed by atoms with Crippen molar-refractivity contribution in [2.75, 3.05) is 6.54 Å². The number of hydrogen-bond donors (Lipinski definition) is 2. The van der Waals surface area contributed by atoms with Crippen molar-refractivity contribution in [1.29, 1.82) is 0 Å². The Hall–Kier alpha value is -0.830. The molecule has 0 spiro atoms. The van der Waals surface area contributed by atoms with Gasteiger partial charge in [-0.2, -0.15) is 0 Å². The van der Waals surface area contributed by atoms with Gasteiger partial charge < -0.3 is 5.73 Å². The van der Waals surface area contributed by atoms with E-state index in [4.69, 9.17) is 5.73 Å². The van der Waals surface area contributed by atoms with E-state index in [1.807, 2.05) is 0 Å². The highest BCUT2D eigenvalue weighted by atomic mass is 35.5. The summed E-state index contributed by atoms with van der Waals surface area (Å²) in [5, 5.41) is 0. The highest BCUT2D eigenvalue weighted by Crippen LogP contribution is 2.23. The number of halogens is 4. The molecule has 0 aliphatic heterocycles. The Balaban J connectivity index is 0.00000400. The van der Waals surface area contributed by atoms with Crippen molar-refractivity contribution in [2.24, 2.45) is 5.73 Å². The highest BCUT2D eigenvalue weighted by Gasteiger charge is 2.34. The Bertz CT molecular complexity index is 561. The normalized spacial score (nSPS) is 12.1. The molecular formula is C12H18ClF3N2O2S. The van der Waals surface area contributed by atoms with Gasteiger partial charge in [-0.05, 0) is 12.8 Å². The summed E-state index contributed by atoms with van der Waals surface area (Å²) in [6, 6.07) is 0.638. The number of sulfonamides is 1. The van der Waals surface area contributed by atoms with Crippen molar-refractivity contribution in [3.8, 4) is 0 Å². The Labute approximate surface area is 128 Å². The maximum atomic E-state index is 13.6. The van der Waals surface area contributed by atoms with Crippen LogP contribution in [0.5, 0.6) is 0 Å². The molecule has 0 atom stereocenters. The Morgan fingerprint density at radius 3 is 1.90 bits per heavy atom. The van der Waals surface area contributed by atoms with E-state index < -0.39 is 37.9 Å². The fourth-order valence-electron chi connectivity index (χ4n) is 1.85. The van der Waals surface area contributed by atoms with Crippen LogP contribution < -0.4 is 10.5 Å². The van der Waals surface area contributed by atoms with Crippen LogP contribution in [-0.2, 0) is 10.0 Å². The molecular weight excluding hydrogens is 329 g/mol. The van der Waals surface area contributed by atoms with Crippen LogP contribution in [0.25, 0.3) is 0 Å².